The van der Waals surface area contributed by atoms with Crippen LogP contribution in [0.15, 0.2) is 30.6 Å². The van der Waals surface area contributed by atoms with Crippen molar-refractivity contribution in [1.29, 1.82) is 0 Å². The number of benzene rings is 1. The summed E-state index contributed by atoms with van der Waals surface area (Å²) in [6.07, 6.45) is 3.62. The minimum absolute atomic E-state index is 0.226. The van der Waals surface area contributed by atoms with E-state index in [2.05, 4.69) is 4.98 Å². The summed E-state index contributed by atoms with van der Waals surface area (Å²) < 4.78 is 7.55. The molecule has 0 spiro atoms. The topological polar surface area (TPSA) is 64.3 Å². The summed E-state index contributed by atoms with van der Waals surface area (Å²) in [6, 6.07) is 4.85. The lowest BCUT2D eigenvalue weighted by atomic mass is 10.1. The highest BCUT2D eigenvalue weighted by molar-refractivity contribution is 5.89. The number of fused-ring (bicyclic) bond motifs is 3. The number of hydrogen-bond donors (Lipinski definition) is 1. The van der Waals surface area contributed by atoms with E-state index < -0.39 is 5.97 Å². The van der Waals surface area contributed by atoms with Gasteiger partial charge < -0.3 is 14.4 Å². The average molecular weight is 230 g/mol. The molecule has 0 saturated carbocycles. The molecular weight excluding hydrogens is 220 g/mol. The normalized spacial score (nSPS) is 13.2. The van der Waals surface area contributed by atoms with Gasteiger partial charge in [0.2, 0.25) is 0 Å². The number of hydrogen-bond acceptors (Lipinski definition) is 3. The van der Waals surface area contributed by atoms with Crippen molar-refractivity contribution in [3.05, 3.63) is 36.2 Å². The monoisotopic (exact) mass is 230 g/mol. The first kappa shape index (κ1) is 9.89. The molecule has 0 fully saturated rings. The Morgan fingerprint density at radius 3 is 3.18 bits per heavy atom. The Bertz CT molecular complexity index is 589. The van der Waals surface area contributed by atoms with Crippen molar-refractivity contribution in [2.75, 3.05) is 6.61 Å². The van der Waals surface area contributed by atoms with E-state index >= 15 is 0 Å². The van der Waals surface area contributed by atoms with Crippen LogP contribution in [0.1, 0.15) is 10.4 Å². The van der Waals surface area contributed by atoms with Crippen LogP contribution in [-0.2, 0) is 6.54 Å². The molecule has 0 radical (unpaired) electrons. The van der Waals surface area contributed by atoms with Crippen molar-refractivity contribution in [2.45, 2.75) is 6.54 Å². The lowest BCUT2D eigenvalue weighted by Crippen LogP contribution is -2.04. The number of imidazole rings is 1. The number of aromatic carboxylic acids is 1. The van der Waals surface area contributed by atoms with Crippen molar-refractivity contribution in [3.63, 3.8) is 0 Å². The zero-order valence-electron chi connectivity index (χ0n) is 8.96. The molecule has 3 rings (SSSR count). The highest BCUT2D eigenvalue weighted by Crippen LogP contribution is 2.31. The maximum Gasteiger partial charge on any atom is 0.335 e. The average Bonchev–Trinajstić information content (AvgIpc) is 2.71. The van der Waals surface area contributed by atoms with Gasteiger partial charge in [0.15, 0.2) is 0 Å². The quantitative estimate of drug-likeness (QED) is 0.808. The highest BCUT2D eigenvalue weighted by atomic mass is 16.5. The molecule has 1 aromatic carbocycles. The Labute approximate surface area is 97.3 Å². The molecule has 86 valence electrons. The maximum absolute atomic E-state index is 10.9. The van der Waals surface area contributed by atoms with E-state index in [1.165, 1.54) is 0 Å². The van der Waals surface area contributed by atoms with Gasteiger partial charge >= 0.3 is 5.97 Å². The van der Waals surface area contributed by atoms with Gasteiger partial charge in [0.1, 0.15) is 18.2 Å². The van der Waals surface area contributed by atoms with Crippen molar-refractivity contribution < 1.29 is 14.6 Å². The number of carboxylic acids is 1. The van der Waals surface area contributed by atoms with E-state index in [1.807, 2.05) is 10.8 Å². The molecule has 2 aromatic rings. The molecule has 2 heterocycles. The fourth-order valence-electron chi connectivity index (χ4n) is 1.95. The van der Waals surface area contributed by atoms with Gasteiger partial charge in [-0.1, -0.05) is 0 Å². The van der Waals surface area contributed by atoms with Crippen LogP contribution < -0.4 is 4.74 Å². The third-order valence-corrected chi connectivity index (χ3v) is 2.77. The van der Waals surface area contributed by atoms with Crippen LogP contribution in [-0.4, -0.2) is 27.2 Å². The molecule has 0 bridgehead atoms. The van der Waals surface area contributed by atoms with Crippen molar-refractivity contribution in [3.8, 4) is 17.1 Å². The smallest absolute Gasteiger partial charge is 0.335 e. The maximum atomic E-state index is 10.9. The number of ether oxygens (including phenoxy) is 1. The van der Waals surface area contributed by atoms with Gasteiger partial charge in [-0.2, -0.15) is 0 Å². The molecule has 1 N–H and O–H groups in total. The summed E-state index contributed by atoms with van der Waals surface area (Å²) in [7, 11) is 0. The molecule has 1 aliphatic rings. The lowest BCUT2D eigenvalue weighted by molar-refractivity contribution is 0.0696. The minimum atomic E-state index is -0.955. The third kappa shape index (κ3) is 1.56. The largest absolute Gasteiger partial charge is 0.491 e. The summed E-state index contributed by atoms with van der Waals surface area (Å²) >= 11 is 0. The summed E-state index contributed by atoms with van der Waals surface area (Å²) in [5.41, 5.74) is 1.06. The molecular formula is C12H10N2O3. The molecule has 0 saturated heterocycles. The van der Waals surface area contributed by atoms with E-state index in [9.17, 15) is 4.79 Å². The van der Waals surface area contributed by atoms with Gasteiger partial charge in [-0.15, -0.1) is 0 Å². The summed E-state index contributed by atoms with van der Waals surface area (Å²) in [6.45, 7) is 1.23. The zero-order valence-corrected chi connectivity index (χ0v) is 8.96. The Kier molecular flexibility index (Phi) is 2.11. The SMILES string of the molecule is O=C(O)c1ccc2c(c1)OCCn1ccnc1-2. The second-order valence-electron chi connectivity index (χ2n) is 3.81. The molecule has 1 aromatic heterocycles. The van der Waals surface area contributed by atoms with Crippen molar-refractivity contribution in [1.82, 2.24) is 9.55 Å². The third-order valence-electron chi connectivity index (χ3n) is 2.77. The lowest BCUT2D eigenvalue weighted by Gasteiger charge is -2.06. The molecule has 0 atom stereocenters. The standard InChI is InChI=1S/C12H10N2O3/c15-12(16)8-1-2-9-10(7-8)17-6-5-14-4-3-13-11(9)14/h1-4,7H,5-6H2,(H,15,16). The first-order valence-electron chi connectivity index (χ1n) is 5.27. The number of rotatable bonds is 1. The van der Waals surface area contributed by atoms with Crippen molar-refractivity contribution >= 4 is 5.97 Å². The van der Waals surface area contributed by atoms with Gasteiger partial charge in [-0.3, -0.25) is 0 Å². The van der Waals surface area contributed by atoms with Crippen molar-refractivity contribution in [2.24, 2.45) is 0 Å². The fourth-order valence-corrected chi connectivity index (χ4v) is 1.95. The van der Waals surface area contributed by atoms with Gasteiger partial charge in [0.05, 0.1) is 17.7 Å². The van der Waals surface area contributed by atoms with Gasteiger partial charge in [0, 0.05) is 12.4 Å². The van der Waals surface area contributed by atoms with Crippen LogP contribution in [0.5, 0.6) is 5.75 Å². The Morgan fingerprint density at radius 1 is 1.47 bits per heavy atom. The summed E-state index contributed by atoms with van der Waals surface area (Å²) in [4.78, 5) is 15.2. The predicted molar refractivity (Wildman–Crippen MR) is 60.1 cm³/mol. The molecule has 5 heteroatoms. The van der Waals surface area contributed by atoms with Crippen LogP contribution in [0.2, 0.25) is 0 Å². The zero-order chi connectivity index (χ0) is 11.8. The minimum Gasteiger partial charge on any atom is -0.491 e. The number of carbonyl (C=O) groups is 1. The second-order valence-corrected chi connectivity index (χ2v) is 3.81. The van der Waals surface area contributed by atoms with Gasteiger partial charge in [0.25, 0.3) is 0 Å². The molecule has 0 amide bonds. The second kappa shape index (κ2) is 3.62. The highest BCUT2D eigenvalue weighted by Gasteiger charge is 2.17. The number of carboxylic acid groups (broad SMARTS) is 1. The Balaban J connectivity index is 2.18. The Morgan fingerprint density at radius 2 is 2.35 bits per heavy atom. The predicted octanol–water partition coefficient (Wildman–Crippen LogP) is 1.64. The van der Waals surface area contributed by atoms with Gasteiger partial charge in [-0.05, 0) is 18.2 Å². The summed E-state index contributed by atoms with van der Waals surface area (Å²) in [5.74, 6) is 0.438. The van der Waals surface area contributed by atoms with Crippen LogP contribution in [0, 0.1) is 0 Å². The van der Waals surface area contributed by atoms with E-state index in [0.29, 0.717) is 18.9 Å². The first-order chi connectivity index (χ1) is 8.25. The van der Waals surface area contributed by atoms with Gasteiger partial charge in [-0.25, -0.2) is 9.78 Å². The molecule has 0 aliphatic carbocycles. The van der Waals surface area contributed by atoms with Crippen LogP contribution in [0.4, 0.5) is 0 Å². The molecule has 17 heavy (non-hydrogen) atoms. The summed E-state index contributed by atoms with van der Waals surface area (Å²) in [5, 5.41) is 8.94. The molecule has 0 unspecified atom stereocenters. The van der Waals surface area contributed by atoms with Crippen LogP contribution in [0.3, 0.4) is 0 Å². The van der Waals surface area contributed by atoms with E-state index in [-0.39, 0.29) is 5.56 Å². The van der Waals surface area contributed by atoms with Crippen LogP contribution >= 0.6 is 0 Å². The molecule has 5 nitrogen and oxygen atoms in total. The molecule has 1 aliphatic heterocycles. The van der Waals surface area contributed by atoms with E-state index in [1.54, 1.807) is 24.4 Å². The fraction of sp³-hybridized carbons (Fsp3) is 0.167. The Hall–Kier alpha value is -2.30. The van der Waals surface area contributed by atoms with Crippen LogP contribution in [0.25, 0.3) is 11.4 Å². The van der Waals surface area contributed by atoms with E-state index in [4.69, 9.17) is 9.84 Å². The number of aromatic nitrogens is 2. The number of nitrogens with zero attached hydrogens (tertiary/aromatic N) is 2. The first-order valence-corrected chi connectivity index (χ1v) is 5.27. The van der Waals surface area contributed by atoms with E-state index in [0.717, 1.165) is 11.4 Å².